The number of hydrogen-bond donors (Lipinski definition) is 2. The summed E-state index contributed by atoms with van der Waals surface area (Å²) in [6.45, 7) is 1.24. The summed E-state index contributed by atoms with van der Waals surface area (Å²) in [5, 5.41) is 2.35. The zero-order chi connectivity index (χ0) is 17.3. The molecule has 0 fully saturated rings. The number of alkyl halides is 3. The Morgan fingerprint density at radius 2 is 1.83 bits per heavy atom. The van der Waals surface area contributed by atoms with E-state index >= 15 is 0 Å². The van der Waals surface area contributed by atoms with Crippen LogP contribution in [0.15, 0.2) is 47.3 Å². The number of benzene rings is 1. The molecule has 1 heterocycles. The number of primary amides is 1. The van der Waals surface area contributed by atoms with Crippen molar-refractivity contribution < 1.29 is 27.2 Å². The van der Waals surface area contributed by atoms with Gasteiger partial charge in [0.25, 0.3) is 5.91 Å². The van der Waals surface area contributed by atoms with Gasteiger partial charge >= 0.3 is 6.18 Å². The smallest absolute Gasteiger partial charge is 0.416 e. The minimum absolute atomic E-state index is 0.0725. The van der Waals surface area contributed by atoms with E-state index < -0.39 is 29.1 Å². The van der Waals surface area contributed by atoms with Crippen LogP contribution < -0.4 is 11.1 Å². The van der Waals surface area contributed by atoms with Crippen molar-refractivity contribution in [1.82, 2.24) is 5.32 Å². The topological polar surface area (TPSA) is 85.3 Å². The van der Waals surface area contributed by atoms with Gasteiger partial charge in [0.1, 0.15) is 11.8 Å². The van der Waals surface area contributed by atoms with Gasteiger partial charge in [-0.05, 0) is 30.7 Å². The fraction of sp³-hybridized carbons (Fsp3) is 0.200. The Hall–Kier alpha value is -2.77. The van der Waals surface area contributed by atoms with Crippen LogP contribution in [0.5, 0.6) is 0 Å². The molecule has 0 saturated heterocycles. The molecule has 0 unspecified atom stereocenters. The molecule has 3 N–H and O–H groups in total. The number of furan rings is 1. The first-order chi connectivity index (χ1) is 10.6. The molecule has 1 atom stereocenters. The number of halogens is 3. The Bertz CT molecular complexity index is 726. The zero-order valence-electron chi connectivity index (χ0n) is 12.0. The minimum Gasteiger partial charge on any atom is -0.472 e. The summed E-state index contributed by atoms with van der Waals surface area (Å²) < 4.78 is 43.2. The highest BCUT2D eigenvalue weighted by Crippen LogP contribution is 2.32. The van der Waals surface area contributed by atoms with E-state index in [1.54, 1.807) is 0 Å². The van der Waals surface area contributed by atoms with Gasteiger partial charge in [-0.2, -0.15) is 13.2 Å². The largest absolute Gasteiger partial charge is 0.472 e. The van der Waals surface area contributed by atoms with Crippen molar-refractivity contribution in [1.29, 1.82) is 0 Å². The molecule has 1 aromatic carbocycles. The summed E-state index contributed by atoms with van der Waals surface area (Å²) in [4.78, 5) is 23.9. The summed E-state index contributed by atoms with van der Waals surface area (Å²) in [6, 6.07) is 5.42. The molecule has 8 heteroatoms. The van der Waals surface area contributed by atoms with E-state index in [1.807, 2.05) is 0 Å². The standard InChI is InChI=1S/C15H13F3N2O3/c1-14(13(19)22,20-12(21)9-5-6-23-8-9)10-3-2-4-11(7-10)15(16,17)18/h2-8H,1H3,(H2,19,22)(H,20,21)/t14-/m1/s1. The molecule has 2 aromatic rings. The van der Waals surface area contributed by atoms with Gasteiger partial charge in [0.05, 0.1) is 17.4 Å². The fourth-order valence-electron chi connectivity index (χ4n) is 1.98. The maximum atomic E-state index is 12.8. The van der Waals surface area contributed by atoms with Crippen molar-refractivity contribution in [2.75, 3.05) is 0 Å². The molecular formula is C15H13F3N2O3. The third-order valence-corrected chi connectivity index (χ3v) is 3.41. The maximum Gasteiger partial charge on any atom is 0.416 e. The van der Waals surface area contributed by atoms with E-state index in [2.05, 4.69) is 5.32 Å². The number of carbonyl (C=O) groups is 2. The number of carbonyl (C=O) groups excluding carboxylic acids is 2. The third-order valence-electron chi connectivity index (χ3n) is 3.41. The van der Waals surface area contributed by atoms with Crippen molar-refractivity contribution in [2.24, 2.45) is 5.73 Å². The predicted molar refractivity (Wildman–Crippen MR) is 74.2 cm³/mol. The maximum absolute atomic E-state index is 12.8. The van der Waals surface area contributed by atoms with Crippen molar-refractivity contribution in [3.63, 3.8) is 0 Å². The number of nitrogens with one attached hydrogen (secondary N) is 1. The quantitative estimate of drug-likeness (QED) is 0.905. The molecule has 0 radical (unpaired) electrons. The van der Waals surface area contributed by atoms with Gasteiger partial charge in [0.15, 0.2) is 0 Å². The monoisotopic (exact) mass is 326 g/mol. The molecule has 2 rings (SSSR count). The lowest BCUT2D eigenvalue weighted by Crippen LogP contribution is -2.52. The molecule has 0 aliphatic rings. The molecule has 23 heavy (non-hydrogen) atoms. The second-order valence-electron chi connectivity index (χ2n) is 5.03. The Kier molecular flexibility index (Phi) is 4.18. The average Bonchev–Trinajstić information content (AvgIpc) is 3.00. The molecule has 0 spiro atoms. The molecular weight excluding hydrogens is 313 g/mol. The first kappa shape index (κ1) is 16.6. The van der Waals surface area contributed by atoms with E-state index in [9.17, 15) is 22.8 Å². The van der Waals surface area contributed by atoms with Crippen LogP contribution in [0.25, 0.3) is 0 Å². The highest BCUT2D eigenvalue weighted by atomic mass is 19.4. The van der Waals surface area contributed by atoms with Gasteiger partial charge in [-0.25, -0.2) is 0 Å². The third kappa shape index (κ3) is 3.36. The van der Waals surface area contributed by atoms with E-state index in [1.165, 1.54) is 25.3 Å². The summed E-state index contributed by atoms with van der Waals surface area (Å²) in [7, 11) is 0. The van der Waals surface area contributed by atoms with Crippen LogP contribution in [-0.2, 0) is 16.5 Å². The summed E-state index contributed by atoms with van der Waals surface area (Å²) in [5.41, 5.74) is 2.59. The van der Waals surface area contributed by atoms with Gasteiger partial charge in [-0.3, -0.25) is 9.59 Å². The van der Waals surface area contributed by atoms with Gasteiger partial charge in [-0.15, -0.1) is 0 Å². The normalized spacial score (nSPS) is 14.1. The lowest BCUT2D eigenvalue weighted by atomic mass is 9.89. The molecule has 0 bridgehead atoms. The van der Waals surface area contributed by atoms with Crippen LogP contribution in [0, 0.1) is 0 Å². The Morgan fingerprint density at radius 3 is 2.35 bits per heavy atom. The van der Waals surface area contributed by atoms with Crippen LogP contribution in [0.2, 0.25) is 0 Å². The van der Waals surface area contributed by atoms with E-state index in [4.69, 9.17) is 10.2 Å². The summed E-state index contributed by atoms with van der Waals surface area (Å²) in [6.07, 6.45) is -2.19. The SMILES string of the molecule is C[C@](NC(=O)c1ccoc1)(C(N)=O)c1cccc(C(F)(F)F)c1. The van der Waals surface area contributed by atoms with Crippen LogP contribution >= 0.6 is 0 Å². The Balaban J connectivity index is 2.41. The van der Waals surface area contributed by atoms with E-state index in [0.29, 0.717) is 0 Å². The van der Waals surface area contributed by atoms with Gasteiger partial charge in [-0.1, -0.05) is 12.1 Å². The number of rotatable bonds is 4. The molecule has 0 aliphatic heterocycles. The molecule has 5 nitrogen and oxygen atoms in total. The second-order valence-corrected chi connectivity index (χ2v) is 5.03. The van der Waals surface area contributed by atoms with Crippen LogP contribution in [0.4, 0.5) is 13.2 Å². The van der Waals surface area contributed by atoms with Crippen molar-refractivity contribution in [2.45, 2.75) is 18.6 Å². The lowest BCUT2D eigenvalue weighted by molar-refractivity contribution is -0.137. The number of nitrogens with two attached hydrogens (primary N) is 1. The van der Waals surface area contributed by atoms with Crippen molar-refractivity contribution >= 4 is 11.8 Å². The summed E-state index contributed by atoms with van der Waals surface area (Å²) >= 11 is 0. The van der Waals surface area contributed by atoms with Crippen LogP contribution in [0.1, 0.15) is 28.4 Å². The van der Waals surface area contributed by atoms with Crippen molar-refractivity contribution in [3.8, 4) is 0 Å². The zero-order valence-corrected chi connectivity index (χ0v) is 12.0. The molecule has 2 amide bonds. The molecule has 122 valence electrons. The summed E-state index contributed by atoms with van der Waals surface area (Å²) in [5.74, 6) is -1.69. The van der Waals surface area contributed by atoms with Crippen LogP contribution in [0.3, 0.4) is 0 Å². The average molecular weight is 326 g/mol. The van der Waals surface area contributed by atoms with E-state index in [-0.39, 0.29) is 11.1 Å². The first-order valence-corrected chi connectivity index (χ1v) is 6.47. The minimum atomic E-state index is -4.58. The lowest BCUT2D eigenvalue weighted by Gasteiger charge is -2.28. The Morgan fingerprint density at radius 1 is 1.17 bits per heavy atom. The molecule has 0 saturated carbocycles. The highest BCUT2D eigenvalue weighted by Gasteiger charge is 2.38. The Labute approximate surface area is 129 Å². The van der Waals surface area contributed by atoms with Crippen LogP contribution in [-0.4, -0.2) is 11.8 Å². The first-order valence-electron chi connectivity index (χ1n) is 6.47. The molecule has 1 aromatic heterocycles. The van der Waals surface area contributed by atoms with E-state index in [0.717, 1.165) is 24.5 Å². The van der Waals surface area contributed by atoms with Gasteiger partial charge in [0.2, 0.25) is 5.91 Å². The van der Waals surface area contributed by atoms with Gasteiger partial charge in [0, 0.05) is 0 Å². The number of amides is 2. The number of hydrogen-bond acceptors (Lipinski definition) is 3. The van der Waals surface area contributed by atoms with Gasteiger partial charge < -0.3 is 15.5 Å². The fourth-order valence-corrected chi connectivity index (χ4v) is 1.98. The van der Waals surface area contributed by atoms with Crippen molar-refractivity contribution in [3.05, 3.63) is 59.5 Å². The second kappa shape index (κ2) is 5.79. The molecule has 0 aliphatic carbocycles. The highest BCUT2D eigenvalue weighted by molar-refractivity contribution is 5.98. The predicted octanol–water partition coefficient (Wildman–Crippen LogP) is 2.43.